The molecule has 2 aromatic carbocycles. The minimum atomic E-state index is -0.141. The van der Waals surface area contributed by atoms with Crippen LogP contribution in [0.3, 0.4) is 0 Å². The van der Waals surface area contributed by atoms with Gasteiger partial charge >= 0.3 is 0 Å². The summed E-state index contributed by atoms with van der Waals surface area (Å²) < 4.78 is 0. The molecule has 1 atom stereocenters. The van der Waals surface area contributed by atoms with E-state index in [1.54, 1.807) is 0 Å². The van der Waals surface area contributed by atoms with Gasteiger partial charge in [0, 0.05) is 13.1 Å². The Morgan fingerprint density at radius 2 is 1.48 bits per heavy atom. The van der Waals surface area contributed by atoms with E-state index in [4.69, 9.17) is 0 Å². The summed E-state index contributed by atoms with van der Waals surface area (Å²) in [6.45, 7) is 9.34. The Balaban J connectivity index is 0.000000730. The standard InChI is InChI=1S/C18H20N2O.2C2H6/c1-19-17-11-15-9-5-6-10-16(15)13-20(18(17)21)12-14-7-3-2-4-8-14;2*1-2/h2-10,17,19H,11-13H2,1H3;2*1-2H3. The number of nitrogens with zero attached hydrogens (tertiary/aromatic N) is 1. The van der Waals surface area contributed by atoms with Gasteiger partial charge in [0.25, 0.3) is 0 Å². The Hall–Kier alpha value is -2.13. The zero-order chi connectivity index (χ0) is 18.7. The second kappa shape index (κ2) is 11.4. The summed E-state index contributed by atoms with van der Waals surface area (Å²) in [6.07, 6.45) is 0.761. The van der Waals surface area contributed by atoms with Crippen LogP contribution in [-0.4, -0.2) is 23.9 Å². The van der Waals surface area contributed by atoms with Crippen molar-refractivity contribution in [2.75, 3.05) is 7.05 Å². The molecule has 3 nitrogen and oxygen atoms in total. The molecule has 1 aliphatic heterocycles. The van der Waals surface area contributed by atoms with E-state index in [1.165, 1.54) is 16.7 Å². The minimum Gasteiger partial charge on any atom is -0.333 e. The minimum absolute atomic E-state index is 0.141. The van der Waals surface area contributed by atoms with Gasteiger partial charge in [0.05, 0.1) is 6.04 Å². The van der Waals surface area contributed by atoms with E-state index in [9.17, 15) is 4.79 Å². The van der Waals surface area contributed by atoms with Crippen LogP contribution in [0.2, 0.25) is 0 Å². The van der Waals surface area contributed by atoms with Gasteiger partial charge in [0.2, 0.25) is 5.91 Å². The SMILES string of the molecule is CC.CC.CNC1Cc2ccccc2CN(Cc2ccccc2)C1=O. The summed E-state index contributed by atoms with van der Waals surface area (Å²) in [6, 6.07) is 18.4. The van der Waals surface area contributed by atoms with Crippen molar-refractivity contribution in [1.29, 1.82) is 0 Å². The normalized spacial score (nSPS) is 15.8. The number of fused-ring (bicyclic) bond motifs is 1. The van der Waals surface area contributed by atoms with Gasteiger partial charge < -0.3 is 10.2 Å². The highest BCUT2D eigenvalue weighted by molar-refractivity contribution is 5.83. The van der Waals surface area contributed by atoms with Crippen molar-refractivity contribution >= 4 is 5.91 Å². The van der Waals surface area contributed by atoms with Gasteiger partial charge in [-0.25, -0.2) is 0 Å². The maximum atomic E-state index is 12.7. The first kappa shape index (κ1) is 20.9. The van der Waals surface area contributed by atoms with Gasteiger partial charge in [-0.2, -0.15) is 0 Å². The number of carbonyl (C=O) groups excluding carboxylic acids is 1. The van der Waals surface area contributed by atoms with Crippen LogP contribution in [0.4, 0.5) is 0 Å². The summed E-state index contributed by atoms with van der Waals surface area (Å²) in [5.41, 5.74) is 3.68. The van der Waals surface area contributed by atoms with E-state index in [-0.39, 0.29) is 11.9 Å². The number of amides is 1. The van der Waals surface area contributed by atoms with Crippen LogP contribution in [0.25, 0.3) is 0 Å². The lowest BCUT2D eigenvalue weighted by Crippen LogP contribution is -2.44. The molecule has 0 bridgehead atoms. The molecule has 1 heterocycles. The van der Waals surface area contributed by atoms with Crippen LogP contribution >= 0.6 is 0 Å². The Morgan fingerprint density at radius 3 is 2.08 bits per heavy atom. The van der Waals surface area contributed by atoms with Crippen molar-refractivity contribution in [3.63, 3.8) is 0 Å². The van der Waals surface area contributed by atoms with E-state index in [0.29, 0.717) is 13.1 Å². The summed E-state index contributed by atoms with van der Waals surface area (Å²) in [5, 5.41) is 3.16. The van der Waals surface area contributed by atoms with E-state index >= 15 is 0 Å². The molecule has 1 N–H and O–H groups in total. The Kier molecular flexibility index (Phi) is 9.56. The second-order valence-electron chi connectivity index (χ2n) is 5.49. The van der Waals surface area contributed by atoms with Crippen LogP contribution in [-0.2, 0) is 24.3 Å². The molecule has 0 saturated heterocycles. The van der Waals surface area contributed by atoms with Crippen LogP contribution in [0.15, 0.2) is 54.6 Å². The van der Waals surface area contributed by atoms with Crippen LogP contribution < -0.4 is 5.32 Å². The molecular formula is C22H32N2O. The number of carbonyl (C=O) groups is 1. The third-order valence-electron chi connectivity index (χ3n) is 4.08. The molecule has 3 heteroatoms. The number of hydrogen-bond acceptors (Lipinski definition) is 2. The van der Waals surface area contributed by atoms with Crippen molar-refractivity contribution in [3.05, 3.63) is 71.3 Å². The first-order valence-corrected chi connectivity index (χ1v) is 9.34. The maximum Gasteiger partial charge on any atom is 0.240 e. The number of benzene rings is 2. The van der Waals surface area contributed by atoms with Crippen molar-refractivity contribution in [1.82, 2.24) is 10.2 Å². The van der Waals surface area contributed by atoms with Gasteiger partial charge in [-0.3, -0.25) is 4.79 Å². The van der Waals surface area contributed by atoms with Gasteiger partial charge in [-0.1, -0.05) is 82.3 Å². The predicted molar refractivity (Wildman–Crippen MR) is 106 cm³/mol. The number of hydrogen-bond donors (Lipinski definition) is 1. The Labute approximate surface area is 153 Å². The summed E-state index contributed by atoms with van der Waals surface area (Å²) >= 11 is 0. The lowest BCUT2D eigenvalue weighted by atomic mass is 10.0. The summed E-state index contributed by atoms with van der Waals surface area (Å²) in [4.78, 5) is 14.7. The van der Waals surface area contributed by atoms with Gasteiger partial charge in [0.1, 0.15) is 0 Å². The lowest BCUT2D eigenvalue weighted by Gasteiger charge is -2.24. The molecule has 136 valence electrons. The van der Waals surface area contributed by atoms with E-state index in [2.05, 4.69) is 29.6 Å². The number of nitrogens with one attached hydrogen (secondary N) is 1. The first-order chi connectivity index (χ1) is 12.3. The molecule has 0 fully saturated rings. The lowest BCUT2D eigenvalue weighted by molar-refractivity contribution is -0.134. The highest BCUT2D eigenvalue weighted by atomic mass is 16.2. The fourth-order valence-corrected chi connectivity index (χ4v) is 2.89. The summed E-state index contributed by atoms with van der Waals surface area (Å²) in [5.74, 6) is 0.178. The largest absolute Gasteiger partial charge is 0.333 e. The first-order valence-electron chi connectivity index (χ1n) is 9.34. The molecule has 25 heavy (non-hydrogen) atoms. The van der Waals surface area contributed by atoms with Crippen molar-refractivity contribution in [3.8, 4) is 0 Å². The van der Waals surface area contributed by atoms with Gasteiger partial charge in [-0.05, 0) is 30.2 Å². The van der Waals surface area contributed by atoms with Gasteiger partial charge in [-0.15, -0.1) is 0 Å². The number of likely N-dealkylation sites (N-methyl/N-ethyl adjacent to an activating group) is 1. The summed E-state index contributed by atoms with van der Waals surface area (Å²) in [7, 11) is 1.86. The molecular weight excluding hydrogens is 308 g/mol. The number of rotatable bonds is 3. The van der Waals surface area contributed by atoms with Crippen LogP contribution in [0.1, 0.15) is 44.4 Å². The molecule has 2 aromatic rings. The molecule has 1 aliphatic rings. The second-order valence-corrected chi connectivity index (χ2v) is 5.49. The molecule has 0 saturated carbocycles. The van der Waals surface area contributed by atoms with E-state index in [0.717, 1.165) is 6.42 Å². The monoisotopic (exact) mass is 340 g/mol. The van der Waals surface area contributed by atoms with Crippen molar-refractivity contribution < 1.29 is 4.79 Å². The predicted octanol–water partition coefficient (Wildman–Crippen LogP) is 4.41. The molecule has 0 aromatic heterocycles. The fraction of sp³-hybridized carbons (Fsp3) is 0.409. The molecule has 3 rings (SSSR count). The third kappa shape index (κ3) is 5.71. The van der Waals surface area contributed by atoms with Crippen LogP contribution in [0, 0.1) is 0 Å². The molecule has 0 aliphatic carbocycles. The fourth-order valence-electron chi connectivity index (χ4n) is 2.89. The Morgan fingerprint density at radius 1 is 0.920 bits per heavy atom. The molecule has 0 radical (unpaired) electrons. The van der Waals surface area contributed by atoms with Crippen molar-refractivity contribution in [2.24, 2.45) is 0 Å². The highest BCUT2D eigenvalue weighted by Gasteiger charge is 2.28. The Bertz CT molecular complexity index is 625. The average Bonchev–Trinajstić information content (AvgIpc) is 2.82. The molecule has 0 spiro atoms. The maximum absolute atomic E-state index is 12.7. The smallest absolute Gasteiger partial charge is 0.240 e. The zero-order valence-electron chi connectivity index (χ0n) is 16.3. The van der Waals surface area contributed by atoms with E-state index in [1.807, 2.05) is 70.0 Å². The zero-order valence-corrected chi connectivity index (χ0v) is 16.3. The average molecular weight is 341 g/mol. The molecule has 1 amide bonds. The molecule has 1 unspecified atom stereocenters. The quantitative estimate of drug-likeness (QED) is 0.897. The topological polar surface area (TPSA) is 32.3 Å². The van der Waals surface area contributed by atoms with Crippen LogP contribution in [0.5, 0.6) is 0 Å². The highest BCUT2D eigenvalue weighted by Crippen LogP contribution is 2.21. The van der Waals surface area contributed by atoms with Crippen molar-refractivity contribution in [2.45, 2.75) is 53.2 Å². The third-order valence-corrected chi connectivity index (χ3v) is 4.08. The van der Waals surface area contributed by atoms with E-state index < -0.39 is 0 Å². The van der Waals surface area contributed by atoms with Gasteiger partial charge in [0.15, 0.2) is 0 Å².